The fraction of sp³-hybridized carbons (Fsp3) is 0.600. The number of nitrogens with one attached hydrogen (secondary N) is 1. The zero-order valence-corrected chi connectivity index (χ0v) is 11.1. The number of hydrogen-bond acceptors (Lipinski definition) is 5. The molecule has 1 heterocycles. The largest absolute Gasteiger partial charge is 0.396 e. The zero-order chi connectivity index (χ0) is 12.2. The van der Waals surface area contributed by atoms with Crippen molar-refractivity contribution in [3.8, 4) is 0 Å². The Bertz CT molecular complexity index is 340. The first-order valence-electron chi connectivity index (χ1n) is 5.18. The maximum atomic E-state index is 9.01. The second kappa shape index (κ2) is 5.45. The molecule has 6 heteroatoms. The summed E-state index contributed by atoms with van der Waals surface area (Å²) in [5.41, 5.74) is 5.40. The number of nitrogens with zero attached hydrogens (tertiary/aromatic N) is 2. The van der Waals surface area contributed by atoms with E-state index >= 15 is 0 Å². The summed E-state index contributed by atoms with van der Waals surface area (Å²) >= 11 is 3.26. The molecule has 0 radical (unpaired) electrons. The van der Waals surface area contributed by atoms with E-state index < -0.39 is 0 Å². The molecule has 0 spiro atoms. The van der Waals surface area contributed by atoms with Gasteiger partial charge < -0.3 is 16.2 Å². The molecule has 0 fully saturated rings. The Balaban J connectivity index is 2.85. The molecule has 0 aromatic carbocycles. The van der Waals surface area contributed by atoms with Gasteiger partial charge in [0.1, 0.15) is 10.4 Å². The summed E-state index contributed by atoms with van der Waals surface area (Å²) in [6.07, 6.45) is 1.50. The highest BCUT2D eigenvalue weighted by Gasteiger charge is 2.22. The SMILES string of the molecule is CCC(C)(CCO)Nc1nc(N)cc(Br)n1. The van der Waals surface area contributed by atoms with Crippen molar-refractivity contribution in [2.24, 2.45) is 0 Å². The highest BCUT2D eigenvalue weighted by molar-refractivity contribution is 9.10. The van der Waals surface area contributed by atoms with Crippen LogP contribution in [0.25, 0.3) is 0 Å². The Labute approximate surface area is 104 Å². The van der Waals surface area contributed by atoms with Crippen LogP contribution >= 0.6 is 15.9 Å². The van der Waals surface area contributed by atoms with E-state index in [-0.39, 0.29) is 12.1 Å². The summed E-state index contributed by atoms with van der Waals surface area (Å²) in [6, 6.07) is 1.64. The Hall–Kier alpha value is -0.880. The number of nitrogen functional groups attached to an aromatic ring is 1. The molecule has 1 aromatic heterocycles. The first-order valence-corrected chi connectivity index (χ1v) is 5.97. The zero-order valence-electron chi connectivity index (χ0n) is 9.50. The van der Waals surface area contributed by atoms with Crippen LogP contribution in [-0.2, 0) is 0 Å². The molecule has 1 aromatic rings. The van der Waals surface area contributed by atoms with Crippen molar-refractivity contribution in [2.45, 2.75) is 32.2 Å². The van der Waals surface area contributed by atoms with Crippen molar-refractivity contribution >= 4 is 27.7 Å². The van der Waals surface area contributed by atoms with Gasteiger partial charge in [0.15, 0.2) is 0 Å². The Morgan fingerprint density at radius 2 is 2.25 bits per heavy atom. The molecule has 90 valence electrons. The fourth-order valence-corrected chi connectivity index (χ4v) is 1.74. The Morgan fingerprint density at radius 1 is 1.56 bits per heavy atom. The molecule has 1 rings (SSSR count). The van der Waals surface area contributed by atoms with Gasteiger partial charge in [0.05, 0.1) is 0 Å². The molecule has 0 saturated carbocycles. The predicted molar refractivity (Wildman–Crippen MR) is 68.2 cm³/mol. The molecule has 4 N–H and O–H groups in total. The first kappa shape index (κ1) is 13.2. The maximum absolute atomic E-state index is 9.01. The fourth-order valence-electron chi connectivity index (χ4n) is 1.34. The van der Waals surface area contributed by atoms with Crippen molar-refractivity contribution < 1.29 is 5.11 Å². The molecule has 0 aliphatic heterocycles. The standard InChI is InChI=1S/C10H17BrN4O/c1-3-10(2,4-5-16)15-9-13-7(11)6-8(12)14-9/h6,16H,3-5H2,1-2H3,(H3,12,13,14,15). The first-order chi connectivity index (χ1) is 7.49. The summed E-state index contributed by atoms with van der Waals surface area (Å²) < 4.78 is 0.643. The van der Waals surface area contributed by atoms with Gasteiger partial charge in [-0.05, 0) is 35.7 Å². The van der Waals surface area contributed by atoms with Crippen molar-refractivity contribution in [1.82, 2.24) is 9.97 Å². The van der Waals surface area contributed by atoms with E-state index in [9.17, 15) is 0 Å². The van der Waals surface area contributed by atoms with Crippen LogP contribution in [0.4, 0.5) is 11.8 Å². The number of aliphatic hydroxyl groups excluding tert-OH is 1. The van der Waals surface area contributed by atoms with Crippen LogP contribution in [0.1, 0.15) is 26.7 Å². The van der Waals surface area contributed by atoms with Crippen molar-refractivity contribution in [2.75, 3.05) is 17.7 Å². The number of nitrogens with two attached hydrogens (primary N) is 1. The Kier molecular flexibility index (Phi) is 4.49. The molecule has 16 heavy (non-hydrogen) atoms. The Morgan fingerprint density at radius 3 is 2.75 bits per heavy atom. The lowest BCUT2D eigenvalue weighted by molar-refractivity contribution is 0.251. The number of rotatable bonds is 5. The van der Waals surface area contributed by atoms with Gasteiger partial charge in [0, 0.05) is 18.2 Å². The number of halogens is 1. The molecular formula is C10H17BrN4O. The minimum absolute atomic E-state index is 0.126. The number of hydrogen-bond donors (Lipinski definition) is 3. The molecule has 0 saturated heterocycles. The second-order valence-electron chi connectivity index (χ2n) is 3.95. The lowest BCUT2D eigenvalue weighted by atomic mass is 9.95. The van der Waals surface area contributed by atoms with Crippen LogP contribution in [-0.4, -0.2) is 27.2 Å². The van der Waals surface area contributed by atoms with Gasteiger partial charge in [0.2, 0.25) is 5.95 Å². The molecule has 0 bridgehead atoms. The predicted octanol–water partition coefficient (Wildman–Crippen LogP) is 1.78. The molecule has 0 aliphatic carbocycles. The summed E-state index contributed by atoms with van der Waals surface area (Å²) in [6.45, 7) is 4.19. The van der Waals surface area contributed by atoms with E-state index in [0.29, 0.717) is 22.8 Å². The number of aromatic nitrogens is 2. The minimum atomic E-state index is -0.220. The van der Waals surface area contributed by atoms with E-state index in [1.54, 1.807) is 6.07 Å². The van der Waals surface area contributed by atoms with E-state index in [4.69, 9.17) is 10.8 Å². The van der Waals surface area contributed by atoms with Crippen molar-refractivity contribution in [3.63, 3.8) is 0 Å². The van der Waals surface area contributed by atoms with Gasteiger partial charge in [-0.3, -0.25) is 0 Å². The molecule has 0 amide bonds. The van der Waals surface area contributed by atoms with Gasteiger partial charge in [-0.25, -0.2) is 4.98 Å². The van der Waals surface area contributed by atoms with E-state index in [1.807, 2.05) is 13.8 Å². The van der Waals surface area contributed by atoms with Gasteiger partial charge in [-0.15, -0.1) is 0 Å². The molecular weight excluding hydrogens is 272 g/mol. The lowest BCUT2D eigenvalue weighted by Crippen LogP contribution is -2.35. The third kappa shape index (κ3) is 3.61. The number of aliphatic hydroxyl groups is 1. The third-order valence-electron chi connectivity index (χ3n) is 2.57. The average Bonchev–Trinajstić information content (AvgIpc) is 2.16. The van der Waals surface area contributed by atoms with Gasteiger partial charge >= 0.3 is 0 Å². The van der Waals surface area contributed by atoms with E-state index in [1.165, 1.54) is 0 Å². The summed E-state index contributed by atoms with van der Waals surface area (Å²) in [5.74, 6) is 0.886. The highest BCUT2D eigenvalue weighted by Crippen LogP contribution is 2.21. The third-order valence-corrected chi connectivity index (χ3v) is 2.98. The van der Waals surface area contributed by atoms with Crippen LogP contribution < -0.4 is 11.1 Å². The topological polar surface area (TPSA) is 84.1 Å². The summed E-state index contributed by atoms with van der Waals surface area (Å²) in [5, 5.41) is 12.2. The van der Waals surface area contributed by atoms with E-state index in [0.717, 1.165) is 6.42 Å². The second-order valence-corrected chi connectivity index (χ2v) is 4.76. The normalized spacial score (nSPS) is 14.5. The number of anilines is 2. The monoisotopic (exact) mass is 288 g/mol. The van der Waals surface area contributed by atoms with Crippen LogP contribution in [0, 0.1) is 0 Å². The molecule has 1 unspecified atom stereocenters. The summed E-state index contributed by atoms with van der Waals surface area (Å²) in [7, 11) is 0. The van der Waals surface area contributed by atoms with Gasteiger partial charge in [-0.1, -0.05) is 6.92 Å². The smallest absolute Gasteiger partial charge is 0.226 e. The van der Waals surface area contributed by atoms with Gasteiger partial charge in [-0.2, -0.15) is 4.98 Å². The average molecular weight is 289 g/mol. The van der Waals surface area contributed by atoms with Crippen molar-refractivity contribution in [1.29, 1.82) is 0 Å². The molecule has 1 atom stereocenters. The lowest BCUT2D eigenvalue weighted by Gasteiger charge is -2.28. The highest BCUT2D eigenvalue weighted by atomic mass is 79.9. The summed E-state index contributed by atoms with van der Waals surface area (Å²) in [4.78, 5) is 8.28. The maximum Gasteiger partial charge on any atom is 0.226 e. The minimum Gasteiger partial charge on any atom is -0.396 e. The van der Waals surface area contributed by atoms with Crippen LogP contribution in [0.5, 0.6) is 0 Å². The van der Waals surface area contributed by atoms with Crippen LogP contribution in [0.2, 0.25) is 0 Å². The van der Waals surface area contributed by atoms with Gasteiger partial charge in [0.25, 0.3) is 0 Å². The van der Waals surface area contributed by atoms with Crippen LogP contribution in [0.15, 0.2) is 10.7 Å². The van der Waals surface area contributed by atoms with Crippen LogP contribution in [0.3, 0.4) is 0 Å². The van der Waals surface area contributed by atoms with E-state index in [2.05, 4.69) is 31.2 Å². The molecule has 5 nitrogen and oxygen atoms in total. The molecule has 0 aliphatic rings. The quantitative estimate of drug-likeness (QED) is 0.720. The van der Waals surface area contributed by atoms with Crippen molar-refractivity contribution in [3.05, 3.63) is 10.7 Å².